The largest absolute Gasteiger partial charge is 0.462 e. The minimum atomic E-state index is -0.320. The number of hydrogen-bond acceptors (Lipinski definition) is 3. The second-order valence-electron chi connectivity index (χ2n) is 3.74. The Morgan fingerprint density at radius 3 is 2.53 bits per heavy atom. The molecule has 15 heavy (non-hydrogen) atoms. The summed E-state index contributed by atoms with van der Waals surface area (Å²) >= 11 is 0. The molecule has 0 unspecified atom stereocenters. The van der Waals surface area contributed by atoms with Gasteiger partial charge in [0.2, 0.25) is 0 Å². The molecular formula is C12H12O3. The molecule has 1 fully saturated rings. The van der Waals surface area contributed by atoms with Gasteiger partial charge in [-0.2, -0.15) is 0 Å². The predicted molar refractivity (Wildman–Crippen MR) is 54.4 cm³/mol. The number of hydrogen-bond donors (Lipinski definition) is 0. The van der Waals surface area contributed by atoms with Gasteiger partial charge >= 0.3 is 5.97 Å². The summed E-state index contributed by atoms with van der Waals surface area (Å²) in [5, 5.41) is 0. The van der Waals surface area contributed by atoms with Crippen LogP contribution in [-0.2, 0) is 9.53 Å². The maximum absolute atomic E-state index is 12.0. The molecule has 1 aliphatic rings. The van der Waals surface area contributed by atoms with Crippen LogP contribution < -0.4 is 0 Å². The van der Waals surface area contributed by atoms with Gasteiger partial charge in [0.25, 0.3) is 0 Å². The van der Waals surface area contributed by atoms with Crippen molar-refractivity contribution in [1.82, 2.24) is 0 Å². The summed E-state index contributed by atoms with van der Waals surface area (Å²) in [5.41, 5.74) is 0.646. The van der Waals surface area contributed by atoms with Gasteiger partial charge in [0.15, 0.2) is 5.78 Å². The third-order valence-corrected chi connectivity index (χ3v) is 2.67. The molecule has 0 spiro atoms. The maximum atomic E-state index is 12.0. The molecule has 1 aliphatic heterocycles. The number of ether oxygens (including phenoxy) is 1. The lowest BCUT2D eigenvalue weighted by atomic mass is 9.92. The number of cyclic esters (lactones) is 1. The van der Waals surface area contributed by atoms with Crippen LogP contribution in [0.5, 0.6) is 0 Å². The van der Waals surface area contributed by atoms with Crippen LogP contribution in [0.15, 0.2) is 30.3 Å². The van der Waals surface area contributed by atoms with E-state index in [-0.39, 0.29) is 30.2 Å². The van der Waals surface area contributed by atoms with Crippen LogP contribution in [-0.4, -0.2) is 17.9 Å². The van der Waals surface area contributed by atoms with Gasteiger partial charge in [0.1, 0.15) is 6.10 Å². The van der Waals surface area contributed by atoms with Gasteiger partial charge in [-0.15, -0.1) is 0 Å². The zero-order valence-electron chi connectivity index (χ0n) is 8.47. The monoisotopic (exact) mass is 204 g/mol. The first-order chi connectivity index (χ1) is 7.18. The molecule has 0 amide bonds. The fourth-order valence-electron chi connectivity index (χ4n) is 1.81. The van der Waals surface area contributed by atoms with Crippen LogP contribution >= 0.6 is 0 Å². The van der Waals surface area contributed by atoms with E-state index in [0.717, 1.165) is 0 Å². The van der Waals surface area contributed by atoms with Gasteiger partial charge in [-0.05, 0) is 6.92 Å². The molecule has 0 aliphatic carbocycles. The summed E-state index contributed by atoms with van der Waals surface area (Å²) in [6.07, 6.45) is -0.0975. The Morgan fingerprint density at radius 1 is 1.33 bits per heavy atom. The molecule has 0 bridgehead atoms. The highest BCUT2D eigenvalue weighted by atomic mass is 16.5. The molecule has 1 aromatic carbocycles. The Bertz CT molecular complexity index is 383. The van der Waals surface area contributed by atoms with E-state index in [1.165, 1.54) is 0 Å². The lowest BCUT2D eigenvalue weighted by molar-refractivity contribution is -0.140. The van der Waals surface area contributed by atoms with Crippen molar-refractivity contribution in [2.24, 2.45) is 5.92 Å². The first kappa shape index (κ1) is 9.90. The van der Waals surface area contributed by atoms with Crippen LogP contribution in [0.1, 0.15) is 23.7 Å². The van der Waals surface area contributed by atoms with Crippen molar-refractivity contribution >= 4 is 11.8 Å². The van der Waals surface area contributed by atoms with Crippen molar-refractivity contribution in [1.29, 1.82) is 0 Å². The summed E-state index contributed by atoms with van der Waals surface area (Å²) in [4.78, 5) is 23.0. The molecule has 0 radical (unpaired) electrons. The van der Waals surface area contributed by atoms with Crippen LogP contribution in [0.4, 0.5) is 0 Å². The highest BCUT2D eigenvalue weighted by molar-refractivity contribution is 6.00. The summed E-state index contributed by atoms with van der Waals surface area (Å²) in [7, 11) is 0. The van der Waals surface area contributed by atoms with Crippen LogP contribution in [0.2, 0.25) is 0 Å². The van der Waals surface area contributed by atoms with E-state index < -0.39 is 0 Å². The summed E-state index contributed by atoms with van der Waals surface area (Å²) in [6, 6.07) is 9.01. The van der Waals surface area contributed by atoms with Crippen LogP contribution in [0.3, 0.4) is 0 Å². The summed E-state index contributed by atoms with van der Waals surface area (Å²) in [5.74, 6) is -0.606. The van der Waals surface area contributed by atoms with E-state index in [2.05, 4.69) is 0 Å². The van der Waals surface area contributed by atoms with Gasteiger partial charge in [0, 0.05) is 5.56 Å². The lowest BCUT2D eigenvalue weighted by Crippen LogP contribution is -2.21. The topological polar surface area (TPSA) is 43.4 Å². The molecule has 2 atom stereocenters. The fraction of sp³-hybridized carbons (Fsp3) is 0.333. The molecule has 1 saturated heterocycles. The number of carbonyl (C=O) groups excluding carboxylic acids is 2. The molecule has 2 rings (SSSR count). The Hall–Kier alpha value is -1.64. The number of benzene rings is 1. The van der Waals surface area contributed by atoms with Crippen molar-refractivity contribution in [2.75, 3.05) is 0 Å². The number of ketones is 1. The molecule has 78 valence electrons. The third-order valence-electron chi connectivity index (χ3n) is 2.67. The van der Waals surface area contributed by atoms with Crippen molar-refractivity contribution < 1.29 is 14.3 Å². The number of carbonyl (C=O) groups is 2. The average molecular weight is 204 g/mol. The molecule has 3 heteroatoms. The van der Waals surface area contributed by atoms with Gasteiger partial charge in [-0.25, -0.2) is 0 Å². The average Bonchev–Trinajstić information content (AvgIpc) is 2.58. The first-order valence-electron chi connectivity index (χ1n) is 4.97. The van der Waals surface area contributed by atoms with E-state index in [9.17, 15) is 9.59 Å². The minimum Gasteiger partial charge on any atom is -0.462 e. The fourth-order valence-corrected chi connectivity index (χ4v) is 1.81. The van der Waals surface area contributed by atoms with E-state index >= 15 is 0 Å². The van der Waals surface area contributed by atoms with Gasteiger partial charge in [0.05, 0.1) is 12.3 Å². The van der Waals surface area contributed by atoms with Crippen molar-refractivity contribution in [2.45, 2.75) is 19.4 Å². The number of Topliss-reactive ketones (excluding diaryl/α,β-unsaturated/α-hetero) is 1. The number of rotatable bonds is 2. The van der Waals surface area contributed by atoms with Crippen LogP contribution in [0.25, 0.3) is 0 Å². The first-order valence-corrected chi connectivity index (χ1v) is 4.97. The molecule has 0 saturated carbocycles. The Balaban J connectivity index is 2.19. The molecule has 3 nitrogen and oxygen atoms in total. The number of esters is 1. The van der Waals surface area contributed by atoms with E-state index in [0.29, 0.717) is 5.56 Å². The van der Waals surface area contributed by atoms with Crippen LogP contribution in [0, 0.1) is 5.92 Å². The normalized spacial score (nSPS) is 25.0. The van der Waals surface area contributed by atoms with Gasteiger partial charge in [-0.1, -0.05) is 30.3 Å². The Labute approximate surface area is 88.1 Å². The smallest absolute Gasteiger partial charge is 0.306 e. The second kappa shape index (κ2) is 3.85. The molecule has 0 N–H and O–H groups in total. The maximum Gasteiger partial charge on any atom is 0.306 e. The summed E-state index contributed by atoms with van der Waals surface area (Å²) < 4.78 is 4.96. The SMILES string of the molecule is C[C@H]1OC(=O)C[C@@H]1C(=O)c1ccccc1. The lowest BCUT2D eigenvalue weighted by Gasteiger charge is -2.11. The van der Waals surface area contributed by atoms with Gasteiger partial charge in [-0.3, -0.25) is 9.59 Å². The summed E-state index contributed by atoms with van der Waals surface area (Å²) in [6.45, 7) is 1.76. The predicted octanol–water partition coefficient (Wildman–Crippen LogP) is 1.82. The van der Waals surface area contributed by atoms with Gasteiger partial charge < -0.3 is 4.74 Å². The zero-order chi connectivity index (χ0) is 10.8. The van der Waals surface area contributed by atoms with Crippen molar-refractivity contribution in [3.8, 4) is 0 Å². The van der Waals surface area contributed by atoms with E-state index in [4.69, 9.17) is 4.74 Å². The molecule has 1 heterocycles. The Morgan fingerprint density at radius 2 is 2.00 bits per heavy atom. The molecule has 1 aromatic rings. The van der Waals surface area contributed by atoms with E-state index in [1.54, 1.807) is 19.1 Å². The molecule has 0 aromatic heterocycles. The second-order valence-corrected chi connectivity index (χ2v) is 3.74. The van der Waals surface area contributed by atoms with E-state index in [1.807, 2.05) is 18.2 Å². The van der Waals surface area contributed by atoms with Crippen molar-refractivity contribution in [3.05, 3.63) is 35.9 Å². The van der Waals surface area contributed by atoms with Crippen molar-refractivity contribution in [3.63, 3.8) is 0 Å². The Kier molecular flexibility index (Phi) is 2.54. The zero-order valence-corrected chi connectivity index (χ0v) is 8.47. The highest BCUT2D eigenvalue weighted by Crippen LogP contribution is 2.25. The highest BCUT2D eigenvalue weighted by Gasteiger charge is 2.36. The quantitative estimate of drug-likeness (QED) is 0.545. The standard InChI is InChI=1S/C12H12O3/c1-8-10(7-11(13)15-8)12(14)9-5-3-2-4-6-9/h2-6,8,10H,7H2,1H3/t8-,10+/m1/s1. The molecular weight excluding hydrogens is 192 g/mol. The third kappa shape index (κ3) is 1.91. The minimum absolute atomic E-state index is 0.00560.